The summed E-state index contributed by atoms with van der Waals surface area (Å²) < 4.78 is 0. The van der Waals surface area contributed by atoms with Gasteiger partial charge in [0.2, 0.25) is 0 Å². The first-order valence-electron chi connectivity index (χ1n) is 20.5. The van der Waals surface area contributed by atoms with E-state index in [0.29, 0.717) is 5.41 Å². The molecule has 53 heavy (non-hydrogen) atoms. The topological polar surface area (TPSA) is 3.24 Å². The van der Waals surface area contributed by atoms with Crippen LogP contribution >= 0.6 is 0 Å². The van der Waals surface area contributed by atoms with Crippen LogP contribution in [0.2, 0.25) is 0 Å². The largest absolute Gasteiger partial charge is 0.310 e. The van der Waals surface area contributed by atoms with Gasteiger partial charge in [-0.1, -0.05) is 125 Å². The molecule has 0 aromatic heterocycles. The van der Waals surface area contributed by atoms with Crippen LogP contribution in [-0.4, -0.2) is 0 Å². The van der Waals surface area contributed by atoms with Crippen molar-refractivity contribution in [2.45, 2.75) is 82.5 Å². The van der Waals surface area contributed by atoms with E-state index in [1.165, 1.54) is 99.7 Å². The van der Waals surface area contributed by atoms with E-state index in [0.717, 1.165) is 23.7 Å². The highest BCUT2D eigenvalue weighted by Crippen LogP contribution is 2.89. The van der Waals surface area contributed by atoms with Gasteiger partial charge in [0.05, 0.1) is 5.69 Å². The van der Waals surface area contributed by atoms with Gasteiger partial charge in [0, 0.05) is 22.4 Å². The van der Waals surface area contributed by atoms with Gasteiger partial charge in [-0.3, -0.25) is 0 Å². The second-order valence-electron chi connectivity index (χ2n) is 19.2. The minimum atomic E-state index is 0.182. The highest BCUT2D eigenvalue weighted by Gasteiger charge is 2.84. The van der Waals surface area contributed by atoms with Crippen LogP contribution in [-0.2, 0) is 16.2 Å². The molecule has 0 aliphatic heterocycles. The van der Waals surface area contributed by atoms with E-state index in [1.807, 2.05) is 0 Å². The van der Waals surface area contributed by atoms with Crippen molar-refractivity contribution in [3.8, 4) is 22.3 Å². The summed E-state index contributed by atoms with van der Waals surface area (Å²) in [5.41, 5.74) is 16.8. The number of rotatable bonds is 4. The third-order valence-corrected chi connectivity index (χ3v) is 16.2. The van der Waals surface area contributed by atoms with E-state index in [2.05, 4.69) is 160 Å². The molecule has 0 amide bonds. The summed E-state index contributed by atoms with van der Waals surface area (Å²) in [5, 5.41) is 2.56. The van der Waals surface area contributed by atoms with Crippen LogP contribution in [0.3, 0.4) is 0 Å². The van der Waals surface area contributed by atoms with Crippen LogP contribution in [0.15, 0.2) is 127 Å². The van der Waals surface area contributed by atoms with Gasteiger partial charge in [0.1, 0.15) is 0 Å². The standard InChI is InChI=1S/C52H49N/c1-49(2)24-25-50(3,4)44-29-36(19-23-42(44)49)34-16-20-38(21-17-34)53(39-22-18-33-10-5-6-11-35(33)28-39)45-15-9-14-43-48(45)40-12-7-8-13-41(40)52(43)46-27-32-26-37-30-47(52)51(37,46)31-32/h5-23,28-29,32,37,46-47H,24-27,30-31H2,1-4H3. The molecule has 1 heteroatoms. The first-order chi connectivity index (χ1) is 25.7. The highest BCUT2D eigenvalue weighted by atomic mass is 15.1. The smallest absolute Gasteiger partial charge is 0.0543 e. The normalized spacial score (nSPS) is 29.9. The average molecular weight is 688 g/mol. The van der Waals surface area contributed by atoms with Gasteiger partial charge in [-0.25, -0.2) is 0 Å². The Hall–Kier alpha value is -4.62. The molecule has 12 rings (SSSR count). The molecule has 2 spiro atoms. The fourth-order valence-corrected chi connectivity index (χ4v) is 13.9. The van der Waals surface area contributed by atoms with Crippen molar-refractivity contribution >= 4 is 27.8 Å². The summed E-state index contributed by atoms with van der Waals surface area (Å²) in [6.07, 6.45) is 8.33. The summed E-state index contributed by atoms with van der Waals surface area (Å²) in [4.78, 5) is 2.57. The van der Waals surface area contributed by atoms with Gasteiger partial charge in [0.15, 0.2) is 0 Å². The van der Waals surface area contributed by atoms with Gasteiger partial charge in [-0.15, -0.1) is 0 Å². The van der Waals surface area contributed by atoms with E-state index in [1.54, 1.807) is 11.1 Å². The van der Waals surface area contributed by atoms with Gasteiger partial charge in [0.25, 0.3) is 0 Å². The van der Waals surface area contributed by atoms with Crippen LogP contribution in [0.1, 0.15) is 88.5 Å². The van der Waals surface area contributed by atoms with Crippen molar-refractivity contribution in [2.24, 2.45) is 29.1 Å². The van der Waals surface area contributed by atoms with E-state index >= 15 is 0 Å². The number of fused-ring (bicyclic) bond motifs is 10. The number of hydrogen-bond acceptors (Lipinski definition) is 1. The monoisotopic (exact) mass is 687 g/mol. The molecule has 0 radical (unpaired) electrons. The SMILES string of the molecule is CC1(C)CCC(C)(C)c2cc(-c3ccc(N(c4ccc5ccccc5c4)c4cccc5c4-c4ccccc4C54C5CC6CC7CC4C75C6)cc3)ccc21. The van der Waals surface area contributed by atoms with Crippen molar-refractivity contribution in [3.63, 3.8) is 0 Å². The van der Waals surface area contributed by atoms with Crippen molar-refractivity contribution < 1.29 is 0 Å². The zero-order valence-electron chi connectivity index (χ0n) is 31.6. The van der Waals surface area contributed by atoms with E-state index in [9.17, 15) is 0 Å². The molecule has 2 bridgehead atoms. The minimum absolute atomic E-state index is 0.182. The molecule has 0 saturated heterocycles. The van der Waals surface area contributed by atoms with Crippen molar-refractivity contribution in [3.05, 3.63) is 150 Å². The Bertz CT molecular complexity index is 2520. The zero-order chi connectivity index (χ0) is 35.5. The summed E-state index contributed by atoms with van der Waals surface area (Å²) in [6, 6.07) is 49.5. The molecule has 6 aliphatic rings. The van der Waals surface area contributed by atoms with Crippen molar-refractivity contribution in [2.75, 3.05) is 4.90 Å². The minimum Gasteiger partial charge on any atom is -0.310 e. The fraction of sp³-hybridized carbons (Fsp3) is 0.346. The number of nitrogens with zero attached hydrogens (tertiary/aromatic N) is 1. The molecule has 1 nitrogen and oxygen atoms in total. The zero-order valence-corrected chi connectivity index (χ0v) is 31.6. The summed E-state index contributed by atoms with van der Waals surface area (Å²) in [5.74, 6) is 3.54. The van der Waals surface area contributed by atoms with Crippen LogP contribution < -0.4 is 4.90 Å². The molecule has 6 aromatic rings. The quantitative estimate of drug-likeness (QED) is 0.178. The lowest BCUT2D eigenvalue weighted by Crippen LogP contribution is -2.73. The molecule has 6 atom stereocenters. The first kappa shape index (κ1) is 30.8. The predicted molar refractivity (Wildman–Crippen MR) is 220 cm³/mol. The van der Waals surface area contributed by atoms with Gasteiger partial charge in [-0.05, 0) is 158 Å². The molecule has 262 valence electrons. The van der Waals surface area contributed by atoms with Gasteiger partial charge < -0.3 is 4.90 Å². The molecule has 4 saturated carbocycles. The second-order valence-corrected chi connectivity index (χ2v) is 19.2. The lowest BCUT2D eigenvalue weighted by Gasteiger charge is -2.76. The van der Waals surface area contributed by atoms with E-state index < -0.39 is 0 Å². The lowest BCUT2D eigenvalue weighted by atomic mass is 9.27. The Morgan fingerprint density at radius 2 is 1.23 bits per heavy atom. The molecule has 6 aromatic carbocycles. The Morgan fingerprint density at radius 3 is 2.06 bits per heavy atom. The third kappa shape index (κ3) is 3.75. The molecular formula is C52H49N. The summed E-state index contributed by atoms with van der Waals surface area (Å²) >= 11 is 0. The second kappa shape index (κ2) is 10.1. The fourth-order valence-electron chi connectivity index (χ4n) is 13.9. The number of hydrogen-bond donors (Lipinski definition) is 0. The van der Waals surface area contributed by atoms with Gasteiger partial charge in [-0.2, -0.15) is 0 Å². The molecular weight excluding hydrogens is 639 g/mol. The third-order valence-electron chi connectivity index (χ3n) is 16.2. The maximum atomic E-state index is 2.57. The van der Waals surface area contributed by atoms with E-state index in [4.69, 9.17) is 0 Å². The van der Waals surface area contributed by atoms with Gasteiger partial charge >= 0.3 is 0 Å². The van der Waals surface area contributed by atoms with E-state index in [-0.39, 0.29) is 16.2 Å². The van der Waals surface area contributed by atoms with Crippen LogP contribution in [0, 0.1) is 29.1 Å². The number of anilines is 3. The maximum absolute atomic E-state index is 2.57. The molecule has 0 heterocycles. The predicted octanol–water partition coefficient (Wildman–Crippen LogP) is 13.7. The van der Waals surface area contributed by atoms with Crippen molar-refractivity contribution in [1.82, 2.24) is 0 Å². The lowest BCUT2D eigenvalue weighted by molar-refractivity contribution is -0.231. The van der Waals surface area contributed by atoms with Crippen LogP contribution in [0.5, 0.6) is 0 Å². The summed E-state index contributed by atoms with van der Waals surface area (Å²) in [7, 11) is 0. The molecule has 4 fully saturated rings. The number of benzene rings is 6. The average Bonchev–Trinajstić information content (AvgIpc) is 3.81. The van der Waals surface area contributed by atoms with Crippen molar-refractivity contribution in [1.29, 1.82) is 0 Å². The Morgan fingerprint density at radius 1 is 0.528 bits per heavy atom. The Kier molecular flexibility index (Phi) is 5.88. The van der Waals surface area contributed by atoms with Crippen LogP contribution in [0.25, 0.3) is 33.0 Å². The molecule has 6 aliphatic carbocycles. The maximum Gasteiger partial charge on any atom is 0.0543 e. The Balaban J connectivity index is 1.02. The molecule has 6 unspecified atom stereocenters. The van der Waals surface area contributed by atoms with Crippen LogP contribution in [0.4, 0.5) is 17.1 Å². The Labute approximate surface area is 315 Å². The summed E-state index contributed by atoms with van der Waals surface area (Å²) in [6.45, 7) is 9.70. The first-order valence-corrected chi connectivity index (χ1v) is 20.5. The molecule has 0 N–H and O–H groups in total. The highest BCUT2D eigenvalue weighted by molar-refractivity contribution is 5.98.